The molecule has 1 heterocycles. The van der Waals surface area contributed by atoms with E-state index in [2.05, 4.69) is 36.7 Å². The quantitative estimate of drug-likeness (QED) is 0.257. The molecule has 0 bridgehead atoms. The summed E-state index contributed by atoms with van der Waals surface area (Å²) in [5, 5.41) is 9.82. The summed E-state index contributed by atoms with van der Waals surface area (Å²) in [5.74, 6) is -0.143. The second-order valence-electron chi connectivity index (χ2n) is 7.55. The zero-order valence-corrected chi connectivity index (χ0v) is 16.2. The highest BCUT2D eigenvalue weighted by atomic mass is 16.2. The van der Waals surface area contributed by atoms with Crippen LogP contribution in [0, 0.1) is 11.3 Å². The second-order valence-corrected chi connectivity index (χ2v) is 7.55. The van der Waals surface area contributed by atoms with Crippen LogP contribution < -0.4 is 21.7 Å². The van der Waals surface area contributed by atoms with Gasteiger partial charge in [0, 0.05) is 64.7 Å². The Bertz CT molecular complexity index is 414. The van der Waals surface area contributed by atoms with Crippen molar-refractivity contribution in [2.24, 2.45) is 17.1 Å². The van der Waals surface area contributed by atoms with Gasteiger partial charge in [0.2, 0.25) is 11.8 Å². The van der Waals surface area contributed by atoms with Crippen LogP contribution in [-0.4, -0.2) is 69.1 Å². The van der Waals surface area contributed by atoms with Crippen molar-refractivity contribution >= 4 is 11.8 Å². The lowest BCUT2D eigenvalue weighted by Crippen LogP contribution is -2.39. The summed E-state index contributed by atoms with van der Waals surface area (Å²) in [5.41, 5.74) is 5.51. The maximum atomic E-state index is 12.5. The van der Waals surface area contributed by atoms with Crippen LogP contribution in [0.2, 0.25) is 0 Å². The Balaban J connectivity index is 2.14. The minimum absolute atomic E-state index is 0.0115. The number of amides is 2. The molecule has 1 atom stereocenters. The molecule has 0 radical (unpaired) electrons. The van der Waals surface area contributed by atoms with E-state index in [0.717, 1.165) is 45.6 Å². The predicted octanol–water partition coefficient (Wildman–Crippen LogP) is -0.0847. The molecule has 1 aliphatic rings. The fourth-order valence-electron chi connectivity index (χ4n) is 2.98. The van der Waals surface area contributed by atoms with Crippen molar-refractivity contribution in [1.82, 2.24) is 20.9 Å². The van der Waals surface area contributed by atoms with Gasteiger partial charge in [0.25, 0.3) is 0 Å². The average molecular weight is 356 g/mol. The third-order valence-corrected chi connectivity index (χ3v) is 4.88. The van der Waals surface area contributed by atoms with Crippen LogP contribution in [0.15, 0.2) is 0 Å². The lowest BCUT2D eigenvalue weighted by atomic mass is 9.80. The van der Waals surface area contributed by atoms with E-state index in [1.165, 1.54) is 4.90 Å². The van der Waals surface area contributed by atoms with Gasteiger partial charge in [0.1, 0.15) is 0 Å². The fourth-order valence-corrected chi connectivity index (χ4v) is 2.98. The van der Waals surface area contributed by atoms with Crippen molar-refractivity contribution in [2.45, 2.75) is 40.0 Å². The molecule has 0 aliphatic carbocycles. The normalized spacial score (nSPS) is 18.4. The molecule has 1 rings (SSSR count). The van der Waals surface area contributed by atoms with Crippen molar-refractivity contribution in [3.63, 3.8) is 0 Å². The lowest BCUT2D eigenvalue weighted by Gasteiger charge is -2.25. The molecule has 0 spiro atoms. The third-order valence-electron chi connectivity index (χ3n) is 4.88. The number of carbonyl (C=O) groups excluding carboxylic acids is 2. The maximum Gasteiger partial charge on any atom is 0.232 e. The van der Waals surface area contributed by atoms with Crippen LogP contribution >= 0.6 is 0 Å². The van der Waals surface area contributed by atoms with Crippen LogP contribution in [0.4, 0.5) is 0 Å². The molecule has 1 saturated heterocycles. The van der Waals surface area contributed by atoms with E-state index in [1.807, 2.05) is 0 Å². The SMILES string of the molecule is CCC(C)(C)CC1CC(=O)N(CCNCCNCCNCCN)C1=O. The van der Waals surface area contributed by atoms with Gasteiger partial charge in [-0.1, -0.05) is 27.2 Å². The van der Waals surface area contributed by atoms with Crippen molar-refractivity contribution in [3.05, 3.63) is 0 Å². The lowest BCUT2D eigenvalue weighted by molar-refractivity contribution is -0.139. The highest BCUT2D eigenvalue weighted by Crippen LogP contribution is 2.34. The predicted molar refractivity (Wildman–Crippen MR) is 101 cm³/mol. The van der Waals surface area contributed by atoms with Crippen LogP contribution in [-0.2, 0) is 9.59 Å². The van der Waals surface area contributed by atoms with Crippen LogP contribution in [0.25, 0.3) is 0 Å². The maximum absolute atomic E-state index is 12.5. The highest BCUT2D eigenvalue weighted by molar-refractivity contribution is 6.03. The number of nitrogens with zero attached hydrogens (tertiary/aromatic N) is 1. The molecule has 146 valence electrons. The smallest absolute Gasteiger partial charge is 0.232 e. The van der Waals surface area contributed by atoms with Crippen molar-refractivity contribution in [1.29, 1.82) is 0 Å². The summed E-state index contributed by atoms with van der Waals surface area (Å²) in [6, 6.07) is 0. The van der Waals surface area contributed by atoms with Crippen molar-refractivity contribution < 1.29 is 9.59 Å². The topological polar surface area (TPSA) is 99.5 Å². The Kier molecular flexibility index (Phi) is 10.2. The van der Waals surface area contributed by atoms with Crippen LogP contribution in [0.5, 0.6) is 0 Å². The first-order valence-electron chi connectivity index (χ1n) is 9.57. The van der Waals surface area contributed by atoms with Gasteiger partial charge >= 0.3 is 0 Å². The van der Waals surface area contributed by atoms with Gasteiger partial charge in [-0.05, 0) is 11.8 Å². The van der Waals surface area contributed by atoms with Gasteiger partial charge in [-0.25, -0.2) is 0 Å². The molecule has 1 aliphatic heterocycles. The first kappa shape index (κ1) is 22.0. The van der Waals surface area contributed by atoms with Gasteiger partial charge in [-0.2, -0.15) is 0 Å². The van der Waals surface area contributed by atoms with E-state index < -0.39 is 0 Å². The summed E-state index contributed by atoms with van der Waals surface area (Å²) in [6.07, 6.45) is 2.18. The first-order valence-corrected chi connectivity index (χ1v) is 9.57. The molecule has 7 heteroatoms. The molecule has 1 unspecified atom stereocenters. The molecular weight excluding hydrogens is 318 g/mol. The molecule has 0 aromatic carbocycles. The molecule has 1 fully saturated rings. The number of hydrogen-bond acceptors (Lipinski definition) is 6. The minimum atomic E-state index is -0.134. The van der Waals surface area contributed by atoms with Gasteiger partial charge in [-0.15, -0.1) is 0 Å². The highest BCUT2D eigenvalue weighted by Gasteiger charge is 2.40. The van der Waals surface area contributed by atoms with Gasteiger partial charge in [0.05, 0.1) is 0 Å². The van der Waals surface area contributed by atoms with Gasteiger partial charge < -0.3 is 21.7 Å². The summed E-state index contributed by atoms with van der Waals surface area (Å²) < 4.78 is 0. The molecule has 0 aromatic heterocycles. The number of carbonyl (C=O) groups is 2. The summed E-state index contributed by atoms with van der Waals surface area (Å²) >= 11 is 0. The fraction of sp³-hybridized carbons (Fsp3) is 0.889. The van der Waals surface area contributed by atoms with Crippen LogP contribution in [0.1, 0.15) is 40.0 Å². The zero-order chi connectivity index (χ0) is 18.7. The Labute approximate surface area is 152 Å². The second kappa shape index (κ2) is 11.6. The number of nitrogens with two attached hydrogens (primary N) is 1. The van der Waals surface area contributed by atoms with E-state index in [9.17, 15) is 9.59 Å². The summed E-state index contributed by atoms with van der Waals surface area (Å²) in [4.78, 5) is 26.0. The summed E-state index contributed by atoms with van der Waals surface area (Å²) in [7, 11) is 0. The van der Waals surface area contributed by atoms with E-state index in [0.29, 0.717) is 26.1 Å². The minimum Gasteiger partial charge on any atom is -0.329 e. The number of nitrogens with one attached hydrogen (secondary N) is 3. The largest absolute Gasteiger partial charge is 0.329 e. The zero-order valence-electron chi connectivity index (χ0n) is 16.2. The molecule has 7 nitrogen and oxygen atoms in total. The first-order chi connectivity index (χ1) is 11.9. The van der Waals surface area contributed by atoms with Gasteiger partial charge in [0.15, 0.2) is 0 Å². The molecule has 5 N–H and O–H groups in total. The average Bonchev–Trinajstić information content (AvgIpc) is 2.83. The van der Waals surface area contributed by atoms with E-state index in [1.54, 1.807) is 0 Å². The van der Waals surface area contributed by atoms with Crippen molar-refractivity contribution in [3.8, 4) is 0 Å². The van der Waals surface area contributed by atoms with E-state index >= 15 is 0 Å². The van der Waals surface area contributed by atoms with E-state index in [4.69, 9.17) is 5.73 Å². The van der Waals surface area contributed by atoms with Crippen molar-refractivity contribution in [2.75, 3.05) is 52.4 Å². The number of rotatable bonds is 14. The molecular formula is C18H37N5O2. The molecule has 0 saturated carbocycles. The number of hydrogen-bond donors (Lipinski definition) is 4. The Morgan fingerprint density at radius 1 is 1.04 bits per heavy atom. The Morgan fingerprint density at radius 2 is 1.60 bits per heavy atom. The number of likely N-dealkylation sites (tertiary alicyclic amines) is 1. The molecule has 25 heavy (non-hydrogen) atoms. The van der Waals surface area contributed by atoms with Gasteiger partial charge in [-0.3, -0.25) is 14.5 Å². The molecule has 2 amide bonds. The Morgan fingerprint density at radius 3 is 2.16 bits per heavy atom. The monoisotopic (exact) mass is 355 g/mol. The summed E-state index contributed by atoms with van der Waals surface area (Å²) in [6.45, 7) is 12.6. The van der Waals surface area contributed by atoms with E-state index in [-0.39, 0.29) is 23.1 Å². The standard InChI is InChI=1S/C18H37N5O2/c1-4-18(2,3)14-15-13-16(24)23(17(15)25)12-11-22-10-9-21-8-7-20-6-5-19/h15,20-22H,4-14,19H2,1-3H3. The third kappa shape index (κ3) is 8.27. The number of imide groups is 1. The Hall–Kier alpha value is -1.02. The molecule has 0 aromatic rings. The van der Waals surface area contributed by atoms with Crippen LogP contribution in [0.3, 0.4) is 0 Å².